The lowest BCUT2D eigenvalue weighted by molar-refractivity contribution is -0.142. The van der Waals surface area contributed by atoms with Gasteiger partial charge in [-0.05, 0) is 18.5 Å². The summed E-state index contributed by atoms with van der Waals surface area (Å²) in [6, 6.07) is 9.54. The molecule has 0 saturated heterocycles. The Morgan fingerprint density at radius 1 is 1.41 bits per heavy atom. The zero-order chi connectivity index (χ0) is 12.5. The molecule has 0 fully saturated rings. The zero-order valence-corrected chi connectivity index (χ0v) is 10.1. The van der Waals surface area contributed by atoms with Crippen LogP contribution in [0, 0.1) is 0 Å². The summed E-state index contributed by atoms with van der Waals surface area (Å²) in [5, 5.41) is 11.8. The average Bonchev–Trinajstić information content (AvgIpc) is 2.39. The molecule has 0 amide bonds. The van der Waals surface area contributed by atoms with E-state index in [0.29, 0.717) is 19.5 Å². The molecular formula is C13H19NO3. The highest BCUT2D eigenvalue weighted by Gasteiger charge is 2.20. The molecule has 0 radical (unpaired) electrons. The van der Waals surface area contributed by atoms with Gasteiger partial charge in [-0.2, -0.15) is 0 Å². The number of aliphatic hydroxyl groups excluding tert-OH is 1. The maximum atomic E-state index is 11.7. The van der Waals surface area contributed by atoms with Crippen LogP contribution in [0.5, 0.6) is 0 Å². The van der Waals surface area contributed by atoms with Crippen LogP contribution in [-0.4, -0.2) is 37.9 Å². The monoisotopic (exact) mass is 237 g/mol. The van der Waals surface area contributed by atoms with Gasteiger partial charge in [0.25, 0.3) is 0 Å². The van der Waals surface area contributed by atoms with Crippen LogP contribution in [0.15, 0.2) is 30.3 Å². The molecule has 0 aliphatic carbocycles. The minimum atomic E-state index is -0.292. The summed E-state index contributed by atoms with van der Waals surface area (Å²) in [6.45, 7) is 1.37. The van der Waals surface area contributed by atoms with Crippen LogP contribution in [0.1, 0.15) is 17.9 Å². The van der Waals surface area contributed by atoms with Crippen molar-refractivity contribution in [2.75, 3.05) is 26.8 Å². The first kappa shape index (κ1) is 13.7. The molecule has 17 heavy (non-hydrogen) atoms. The molecule has 0 spiro atoms. The second kappa shape index (κ2) is 7.81. The van der Waals surface area contributed by atoms with Crippen molar-refractivity contribution in [2.24, 2.45) is 0 Å². The molecule has 1 rings (SSSR count). The van der Waals surface area contributed by atoms with E-state index in [-0.39, 0.29) is 18.5 Å². The van der Waals surface area contributed by atoms with Gasteiger partial charge in [-0.15, -0.1) is 0 Å². The van der Waals surface area contributed by atoms with Crippen LogP contribution < -0.4 is 5.32 Å². The van der Waals surface area contributed by atoms with Crippen molar-refractivity contribution in [2.45, 2.75) is 12.3 Å². The van der Waals surface area contributed by atoms with E-state index in [1.165, 1.54) is 7.11 Å². The molecule has 0 aliphatic rings. The molecule has 1 aromatic rings. The lowest BCUT2D eigenvalue weighted by atomic mass is 9.99. The molecule has 0 bridgehead atoms. The summed E-state index contributed by atoms with van der Waals surface area (Å²) in [5.74, 6) is -0.535. The third-order valence-corrected chi connectivity index (χ3v) is 2.55. The number of ether oxygens (including phenoxy) is 1. The molecule has 2 N–H and O–H groups in total. The van der Waals surface area contributed by atoms with Gasteiger partial charge < -0.3 is 15.2 Å². The number of nitrogens with one attached hydrogen (secondary N) is 1. The number of hydrogen-bond acceptors (Lipinski definition) is 4. The predicted octanol–water partition coefficient (Wildman–Crippen LogP) is 0.915. The minimum absolute atomic E-state index is 0.154. The van der Waals surface area contributed by atoms with E-state index in [4.69, 9.17) is 9.84 Å². The highest BCUT2D eigenvalue weighted by molar-refractivity contribution is 5.78. The summed E-state index contributed by atoms with van der Waals surface area (Å²) in [7, 11) is 1.39. The Hall–Kier alpha value is -1.39. The maximum absolute atomic E-state index is 11.7. The first-order chi connectivity index (χ1) is 8.29. The molecule has 0 saturated carbocycles. The molecule has 1 unspecified atom stereocenters. The van der Waals surface area contributed by atoms with Crippen LogP contribution in [-0.2, 0) is 9.53 Å². The summed E-state index contributed by atoms with van der Waals surface area (Å²) in [5.41, 5.74) is 0.941. The van der Waals surface area contributed by atoms with Gasteiger partial charge in [0, 0.05) is 13.2 Å². The minimum Gasteiger partial charge on any atom is -0.469 e. The van der Waals surface area contributed by atoms with E-state index >= 15 is 0 Å². The highest BCUT2D eigenvalue weighted by Crippen LogP contribution is 2.16. The fourth-order valence-electron chi connectivity index (χ4n) is 1.62. The maximum Gasteiger partial charge on any atom is 0.314 e. The fraction of sp³-hybridized carbons (Fsp3) is 0.462. The van der Waals surface area contributed by atoms with Gasteiger partial charge in [0.1, 0.15) is 0 Å². The molecule has 0 heterocycles. The Kier molecular flexibility index (Phi) is 6.29. The van der Waals surface area contributed by atoms with Crippen molar-refractivity contribution in [1.82, 2.24) is 5.32 Å². The van der Waals surface area contributed by atoms with Crippen molar-refractivity contribution < 1.29 is 14.6 Å². The third-order valence-electron chi connectivity index (χ3n) is 2.55. The van der Waals surface area contributed by atoms with Gasteiger partial charge >= 0.3 is 5.97 Å². The topological polar surface area (TPSA) is 58.6 Å². The lowest BCUT2D eigenvalue weighted by Gasteiger charge is -2.15. The molecule has 4 heteroatoms. The molecule has 4 nitrogen and oxygen atoms in total. The van der Waals surface area contributed by atoms with Crippen LogP contribution in [0.25, 0.3) is 0 Å². The number of methoxy groups -OCH3 is 1. The number of esters is 1. The van der Waals surface area contributed by atoms with Crippen molar-refractivity contribution >= 4 is 5.97 Å². The smallest absolute Gasteiger partial charge is 0.314 e. The Labute approximate surface area is 102 Å². The van der Waals surface area contributed by atoms with Crippen LogP contribution in [0.4, 0.5) is 0 Å². The van der Waals surface area contributed by atoms with Gasteiger partial charge in [0.15, 0.2) is 0 Å². The normalized spacial score (nSPS) is 12.1. The summed E-state index contributed by atoms with van der Waals surface area (Å²) < 4.78 is 4.80. The highest BCUT2D eigenvalue weighted by atomic mass is 16.5. The van der Waals surface area contributed by atoms with E-state index in [1.54, 1.807) is 0 Å². The first-order valence-corrected chi connectivity index (χ1v) is 5.74. The van der Waals surface area contributed by atoms with E-state index in [2.05, 4.69) is 5.32 Å². The lowest BCUT2D eigenvalue weighted by Crippen LogP contribution is -2.28. The van der Waals surface area contributed by atoms with Gasteiger partial charge in [-0.3, -0.25) is 4.79 Å². The van der Waals surface area contributed by atoms with Gasteiger partial charge in [0.05, 0.1) is 13.0 Å². The molecule has 1 atom stereocenters. The van der Waals surface area contributed by atoms with Crippen molar-refractivity contribution in [3.8, 4) is 0 Å². The molecule has 0 aromatic heterocycles. The fourth-order valence-corrected chi connectivity index (χ4v) is 1.62. The van der Waals surface area contributed by atoms with Gasteiger partial charge in [-0.1, -0.05) is 30.3 Å². The number of hydrogen-bond donors (Lipinski definition) is 2. The van der Waals surface area contributed by atoms with E-state index < -0.39 is 0 Å². The van der Waals surface area contributed by atoms with Crippen LogP contribution in [0.3, 0.4) is 0 Å². The first-order valence-electron chi connectivity index (χ1n) is 5.74. The zero-order valence-electron chi connectivity index (χ0n) is 10.1. The van der Waals surface area contributed by atoms with Crippen molar-refractivity contribution in [1.29, 1.82) is 0 Å². The average molecular weight is 237 g/mol. The number of rotatable bonds is 7. The van der Waals surface area contributed by atoms with E-state index in [1.807, 2.05) is 30.3 Å². The Morgan fingerprint density at radius 3 is 2.71 bits per heavy atom. The van der Waals surface area contributed by atoms with Gasteiger partial charge in [0.2, 0.25) is 0 Å². The second-order valence-corrected chi connectivity index (χ2v) is 3.77. The molecule has 94 valence electrons. The predicted molar refractivity (Wildman–Crippen MR) is 65.8 cm³/mol. The Morgan fingerprint density at radius 2 is 2.12 bits per heavy atom. The number of carbonyl (C=O) groups excluding carboxylic acids is 1. The number of benzene rings is 1. The standard InChI is InChI=1S/C13H19NO3/c1-17-13(16)12(10-14-8-5-9-15)11-6-3-2-4-7-11/h2-4,6-7,12,14-15H,5,8-10H2,1H3. The summed E-state index contributed by atoms with van der Waals surface area (Å²) in [6.07, 6.45) is 0.683. The molecular weight excluding hydrogens is 218 g/mol. The van der Waals surface area contributed by atoms with Crippen molar-refractivity contribution in [3.63, 3.8) is 0 Å². The Balaban J connectivity index is 2.59. The van der Waals surface area contributed by atoms with Crippen LogP contribution >= 0.6 is 0 Å². The quantitative estimate of drug-likeness (QED) is 0.547. The molecule has 1 aromatic carbocycles. The van der Waals surface area contributed by atoms with E-state index in [9.17, 15) is 4.79 Å². The summed E-state index contributed by atoms with van der Waals surface area (Å²) >= 11 is 0. The summed E-state index contributed by atoms with van der Waals surface area (Å²) in [4.78, 5) is 11.7. The second-order valence-electron chi connectivity index (χ2n) is 3.77. The Bertz CT molecular complexity index is 327. The number of aliphatic hydroxyl groups is 1. The van der Waals surface area contributed by atoms with Crippen molar-refractivity contribution in [3.05, 3.63) is 35.9 Å². The van der Waals surface area contributed by atoms with Gasteiger partial charge in [-0.25, -0.2) is 0 Å². The molecule has 0 aliphatic heterocycles. The third kappa shape index (κ3) is 4.54. The largest absolute Gasteiger partial charge is 0.469 e. The van der Waals surface area contributed by atoms with Crippen LogP contribution in [0.2, 0.25) is 0 Å². The SMILES string of the molecule is COC(=O)C(CNCCCO)c1ccccc1. The number of carbonyl (C=O) groups is 1. The van der Waals surface area contributed by atoms with E-state index in [0.717, 1.165) is 5.56 Å².